The maximum atomic E-state index is 11.0. The molecule has 0 aliphatic rings. The molecule has 1 aromatic carbocycles. The molecule has 0 spiro atoms. The highest BCUT2D eigenvalue weighted by atomic mass is 16.1. The number of aromatic nitrogens is 2. The molecular weight excluding hydrogens is 230 g/mol. The molecule has 18 heavy (non-hydrogen) atoms. The summed E-state index contributed by atoms with van der Waals surface area (Å²) in [5.74, 6) is 5.71. The number of benzene rings is 1. The predicted octanol–water partition coefficient (Wildman–Crippen LogP) is 0.885. The highest BCUT2D eigenvalue weighted by Gasteiger charge is 2.14. The highest BCUT2D eigenvalue weighted by Crippen LogP contribution is 2.30. The van der Waals surface area contributed by atoms with Gasteiger partial charge >= 0.3 is 0 Å². The molecule has 0 aliphatic carbocycles. The number of hydrogen-bond donors (Lipinski definition) is 2. The van der Waals surface area contributed by atoms with Gasteiger partial charge in [-0.1, -0.05) is 0 Å². The van der Waals surface area contributed by atoms with Crippen LogP contribution >= 0.6 is 0 Å². The molecule has 0 atom stereocenters. The number of hydrogen-bond acceptors (Lipinski definition) is 5. The van der Waals surface area contributed by atoms with E-state index in [1.165, 1.54) is 5.01 Å². The number of imidazole rings is 1. The molecule has 0 amide bonds. The van der Waals surface area contributed by atoms with Crippen LogP contribution in [0.4, 0.5) is 11.4 Å². The lowest BCUT2D eigenvalue weighted by Gasteiger charge is -2.19. The Morgan fingerprint density at radius 1 is 1.44 bits per heavy atom. The van der Waals surface area contributed by atoms with Crippen molar-refractivity contribution in [2.75, 3.05) is 17.8 Å². The summed E-state index contributed by atoms with van der Waals surface area (Å²) in [4.78, 5) is 15.1. The van der Waals surface area contributed by atoms with Crippen LogP contribution < -0.4 is 16.6 Å². The quantitative estimate of drug-likeness (QED) is 0.362. The van der Waals surface area contributed by atoms with Crippen LogP contribution in [0.25, 0.3) is 5.69 Å². The molecule has 2 aromatic rings. The molecule has 2 rings (SSSR count). The van der Waals surface area contributed by atoms with Crippen molar-refractivity contribution >= 4 is 17.7 Å². The fourth-order valence-corrected chi connectivity index (χ4v) is 1.88. The zero-order valence-corrected chi connectivity index (χ0v) is 10.3. The van der Waals surface area contributed by atoms with Crippen LogP contribution in [-0.2, 0) is 0 Å². The van der Waals surface area contributed by atoms with Gasteiger partial charge in [-0.3, -0.25) is 4.79 Å². The van der Waals surface area contributed by atoms with Crippen LogP contribution in [0.2, 0.25) is 0 Å². The second kappa shape index (κ2) is 4.50. The third-order valence-electron chi connectivity index (χ3n) is 2.69. The monoisotopic (exact) mass is 245 g/mol. The van der Waals surface area contributed by atoms with E-state index in [1.807, 2.05) is 13.1 Å². The van der Waals surface area contributed by atoms with Gasteiger partial charge in [0, 0.05) is 18.8 Å². The average Bonchev–Trinajstić information content (AvgIpc) is 2.74. The van der Waals surface area contributed by atoms with E-state index in [9.17, 15) is 4.79 Å². The van der Waals surface area contributed by atoms with Crippen molar-refractivity contribution in [3.05, 3.63) is 35.9 Å². The molecule has 0 fully saturated rings. The van der Waals surface area contributed by atoms with Gasteiger partial charge in [0.2, 0.25) is 0 Å². The first-order valence-electron chi connectivity index (χ1n) is 5.41. The Morgan fingerprint density at radius 3 is 2.67 bits per heavy atom. The van der Waals surface area contributed by atoms with E-state index in [0.717, 1.165) is 17.7 Å². The first-order valence-corrected chi connectivity index (χ1v) is 5.41. The molecule has 0 bridgehead atoms. The van der Waals surface area contributed by atoms with Crippen LogP contribution in [-0.4, -0.2) is 22.9 Å². The minimum absolute atomic E-state index is 0.446. The maximum Gasteiger partial charge on any atom is 0.152 e. The van der Waals surface area contributed by atoms with Gasteiger partial charge in [0.1, 0.15) is 0 Å². The van der Waals surface area contributed by atoms with Gasteiger partial charge in [-0.2, -0.15) is 0 Å². The summed E-state index contributed by atoms with van der Waals surface area (Å²) in [5.41, 5.74) is 9.11. The van der Waals surface area contributed by atoms with E-state index in [1.54, 1.807) is 30.1 Å². The van der Waals surface area contributed by atoms with Gasteiger partial charge in [0.15, 0.2) is 6.29 Å². The predicted molar refractivity (Wildman–Crippen MR) is 70.7 cm³/mol. The highest BCUT2D eigenvalue weighted by molar-refractivity contribution is 5.92. The Bertz CT molecular complexity index is 588. The third-order valence-corrected chi connectivity index (χ3v) is 2.69. The largest absolute Gasteiger partial charge is 0.395 e. The van der Waals surface area contributed by atoms with E-state index in [4.69, 9.17) is 11.6 Å². The van der Waals surface area contributed by atoms with Crippen LogP contribution in [0, 0.1) is 6.92 Å². The fraction of sp³-hybridized carbons (Fsp3) is 0.167. The number of aryl methyl sites for hydroxylation is 1. The van der Waals surface area contributed by atoms with E-state index < -0.39 is 0 Å². The number of nitrogens with zero attached hydrogens (tertiary/aromatic N) is 3. The minimum atomic E-state index is 0.446. The molecule has 0 unspecified atom stereocenters. The number of hydrazine groups is 1. The summed E-state index contributed by atoms with van der Waals surface area (Å²) in [6.07, 6.45) is 4.26. The topological polar surface area (TPSA) is 90.2 Å². The van der Waals surface area contributed by atoms with Gasteiger partial charge in [0.25, 0.3) is 0 Å². The van der Waals surface area contributed by atoms with E-state index in [2.05, 4.69) is 4.98 Å². The van der Waals surface area contributed by atoms with E-state index in [0.29, 0.717) is 16.9 Å². The summed E-state index contributed by atoms with van der Waals surface area (Å²) in [5, 5.41) is 1.34. The molecule has 4 N–H and O–H groups in total. The van der Waals surface area contributed by atoms with Crippen LogP contribution in [0.3, 0.4) is 0 Å². The second-order valence-corrected chi connectivity index (χ2v) is 4.09. The molecule has 0 saturated carbocycles. The van der Waals surface area contributed by atoms with Crippen molar-refractivity contribution in [2.24, 2.45) is 5.84 Å². The number of aldehydes is 1. The fourth-order valence-electron chi connectivity index (χ4n) is 1.88. The number of carbonyl (C=O) groups excluding carboxylic acids is 1. The van der Waals surface area contributed by atoms with Gasteiger partial charge in [-0.05, 0) is 19.1 Å². The Labute approximate surface area is 105 Å². The minimum Gasteiger partial charge on any atom is -0.395 e. The van der Waals surface area contributed by atoms with Gasteiger partial charge < -0.3 is 15.3 Å². The van der Waals surface area contributed by atoms with E-state index in [-0.39, 0.29) is 0 Å². The van der Waals surface area contributed by atoms with Gasteiger partial charge in [-0.15, -0.1) is 0 Å². The summed E-state index contributed by atoms with van der Waals surface area (Å²) < 4.78 is 1.80. The number of anilines is 2. The van der Waals surface area contributed by atoms with Crippen molar-refractivity contribution in [3.8, 4) is 5.69 Å². The molecule has 6 nitrogen and oxygen atoms in total. The summed E-state index contributed by atoms with van der Waals surface area (Å²) in [7, 11) is 1.64. The third kappa shape index (κ3) is 1.93. The molecule has 0 aliphatic heterocycles. The molecule has 94 valence electrons. The number of nitrogens with two attached hydrogens (primary N) is 2. The zero-order chi connectivity index (χ0) is 13.3. The Kier molecular flexibility index (Phi) is 3.03. The van der Waals surface area contributed by atoms with E-state index >= 15 is 0 Å². The van der Waals surface area contributed by atoms with Crippen LogP contribution in [0.15, 0.2) is 24.7 Å². The standard InChI is InChI=1S/C12H15N5O/c1-8-5-17(7-15-8)10-4-3-9(6-18)12(11(10)13)16(2)14/h3-7H,13-14H2,1-2H3. The van der Waals surface area contributed by atoms with Gasteiger partial charge in [0.05, 0.1) is 29.1 Å². The molecule has 6 heteroatoms. The van der Waals surface area contributed by atoms with Crippen LogP contribution in [0.1, 0.15) is 16.1 Å². The summed E-state index contributed by atoms with van der Waals surface area (Å²) in [6.45, 7) is 1.89. The second-order valence-electron chi connectivity index (χ2n) is 4.09. The molecule has 0 radical (unpaired) electrons. The summed E-state index contributed by atoms with van der Waals surface area (Å²) in [6, 6.07) is 3.46. The number of rotatable bonds is 3. The maximum absolute atomic E-state index is 11.0. The van der Waals surface area contributed by atoms with Crippen LogP contribution in [0.5, 0.6) is 0 Å². The SMILES string of the molecule is Cc1cn(-c2ccc(C=O)c(N(C)N)c2N)cn1. The lowest BCUT2D eigenvalue weighted by molar-refractivity contribution is 0.112. The normalized spacial score (nSPS) is 10.4. The number of nitrogen functional groups attached to an aromatic ring is 1. The molecule has 1 aromatic heterocycles. The smallest absolute Gasteiger partial charge is 0.152 e. The molecular formula is C12H15N5O. The summed E-state index contributed by atoms with van der Waals surface area (Å²) >= 11 is 0. The molecule has 1 heterocycles. The van der Waals surface area contributed by atoms with Crippen molar-refractivity contribution in [1.82, 2.24) is 9.55 Å². The number of carbonyl (C=O) groups is 1. The van der Waals surface area contributed by atoms with Crippen molar-refractivity contribution in [1.29, 1.82) is 0 Å². The zero-order valence-electron chi connectivity index (χ0n) is 10.3. The lowest BCUT2D eigenvalue weighted by atomic mass is 10.1. The Hall–Kier alpha value is -2.34. The Morgan fingerprint density at radius 2 is 2.17 bits per heavy atom. The first-order chi connectivity index (χ1) is 8.54. The first kappa shape index (κ1) is 12.1. The van der Waals surface area contributed by atoms with Crippen molar-refractivity contribution in [3.63, 3.8) is 0 Å². The van der Waals surface area contributed by atoms with Crippen molar-refractivity contribution in [2.45, 2.75) is 6.92 Å². The Balaban J connectivity index is 2.64. The lowest BCUT2D eigenvalue weighted by Crippen LogP contribution is -2.27. The van der Waals surface area contributed by atoms with Gasteiger partial charge in [-0.25, -0.2) is 10.8 Å². The molecule has 0 saturated heterocycles. The van der Waals surface area contributed by atoms with Crippen molar-refractivity contribution < 1.29 is 4.79 Å². The average molecular weight is 245 g/mol.